The molecule has 1 aromatic rings. The molecule has 7 nitrogen and oxygen atoms in total. The molecule has 2 saturated heterocycles. The van der Waals surface area contributed by atoms with Crippen molar-refractivity contribution in [3.8, 4) is 0 Å². The summed E-state index contributed by atoms with van der Waals surface area (Å²) < 4.78 is 0. The molecule has 1 saturated carbocycles. The zero-order valence-electron chi connectivity index (χ0n) is 16.4. The highest BCUT2D eigenvalue weighted by molar-refractivity contribution is 5.78. The monoisotopic (exact) mass is 372 g/mol. The molecule has 1 amide bonds. The van der Waals surface area contributed by atoms with Crippen LogP contribution in [-0.4, -0.2) is 77.5 Å². The molecule has 2 aliphatic heterocycles. The van der Waals surface area contributed by atoms with E-state index in [2.05, 4.69) is 43.0 Å². The molecule has 3 heterocycles. The number of piperazine rings is 1. The summed E-state index contributed by atoms with van der Waals surface area (Å²) >= 11 is 0. The second kappa shape index (κ2) is 8.42. The second-order valence-electron chi connectivity index (χ2n) is 8.28. The van der Waals surface area contributed by atoms with E-state index in [9.17, 15) is 4.79 Å². The van der Waals surface area contributed by atoms with E-state index < -0.39 is 0 Å². The maximum absolute atomic E-state index is 12.6. The third kappa shape index (κ3) is 4.89. The third-order valence-electron chi connectivity index (χ3n) is 6.10. The van der Waals surface area contributed by atoms with Gasteiger partial charge in [0.2, 0.25) is 5.91 Å². The molecule has 3 aliphatic rings. The largest absolute Gasteiger partial charge is 0.370 e. The van der Waals surface area contributed by atoms with E-state index in [-0.39, 0.29) is 0 Å². The SMILES string of the molecule is CC1CCCCN1C(=O)CN1CCN(c2cc(NCC3CC3)ncn2)CC1. The van der Waals surface area contributed by atoms with Gasteiger partial charge in [0.15, 0.2) is 0 Å². The number of aromatic nitrogens is 2. The molecule has 1 N–H and O–H groups in total. The van der Waals surface area contributed by atoms with Crippen LogP contribution in [0.2, 0.25) is 0 Å². The maximum atomic E-state index is 12.6. The number of piperidine rings is 1. The zero-order chi connectivity index (χ0) is 18.6. The lowest BCUT2D eigenvalue weighted by atomic mass is 10.0. The van der Waals surface area contributed by atoms with Gasteiger partial charge in [0.1, 0.15) is 18.0 Å². The van der Waals surface area contributed by atoms with Crippen LogP contribution in [0.5, 0.6) is 0 Å². The summed E-state index contributed by atoms with van der Waals surface area (Å²) in [5.74, 6) is 3.03. The fourth-order valence-electron chi connectivity index (χ4n) is 4.07. The van der Waals surface area contributed by atoms with Gasteiger partial charge in [-0.1, -0.05) is 0 Å². The normalized spacial score (nSPS) is 24.1. The molecule has 0 spiro atoms. The number of likely N-dealkylation sites (tertiary alicyclic amines) is 1. The van der Waals surface area contributed by atoms with Crippen LogP contribution in [0.3, 0.4) is 0 Å². The van der Waals surface area contributed by atoms with E-state index in [1.165, 1.54) is 19.3 Å². The Bertz CT molecular complexity index is 641. The Labute approximate surface area is 162 Å². The molecule has 3 fully saturated rings. The van der Waals surface area contributed by atoms with Crippen LogP contribution in [-0.2, 0) is 4.79 Å². The summed E-state index contributed by atoms with van der Waals surface area (Å²) in [6.07, 6.45) is 7.86. The predicted molar refractivity (Wildman–Crippen MR) is 107 cm³/mol. The maximum Gasteiger partial charge on any atom is 0.236 e. The summed E-state index contributed by atoms with van der Waals surface area (Å²) in [6, 6.07) is 2.45. The highest BCUT2D eigenvalue weighted by Gasteiger charge is 2.26. The first-order chi connectivity index (χ1) is 13.2. The molecular weight excluding hydrogens is 340 g/mol. The van der Waals surface area contributed by atoms with Crippen molar-refractivity contribution in [2.24, 2.45) is 5.92 Å². The number of carbonyl (C=O) groups excluding carboxylic acids is 1. The lowest BCUT2D eigenvalue weighted by Gasteiger charge is -2.38. The Morgan fingerprint density at radius 1 is 1.11 bits per heavy atom. The topological polar surface area (TPSA) is 64.6 Å². The molecule has 1 atom stereocenters. The van der Waals surface area contributed by atoms with E-state index in [1.54, 1.807) is 6.33 Å². The molecule has 1 aliphatic carbocycles. The van der Waals surface area contributed by atoms with Crippen molar-refractivity contribution in [3.05, 3.63) is 12.4 Å². The van der Waals surface area contributed by atoms with E-state index in [0.717, 1.165) is 69.7 Å². The first-order valence-corrected chi connectivity index (χ1v) is 10.5. The van der Waals surface area contributed by atoms with Crippen molar-refractivity contribution in [1.29, 1.82) is 0 Å². The first kappa shape index (κ1) is 18.5. The molecule has 148 valence electrons. The van der Waals surface area contributed by atoms with Crippen molar-refractivity contribution in [2.75, 3.05) is 56.0 Å². The number of rotatable bonds is 6. The summed E-state index contributed by atoms with van der Waals surface area (Å²) in [5.41, 5.74) is 0. The molecule has 1 aromatic heterocycles. The molecule has 0 radical (unpaired) electrons. The van der Waals surface area contributed by atoms with E-state index >= 15 is 0 Å². The minimum absolute atomic E-state index is 0.296. The number of nitrogens with one attached hydrogen (secondary N) is 1. The van der Waals surface area contributed by atoms with Crippen molar-refractivity contribution in [1.82, 2.24) is 19.8 Å². The lowest BCUT2D eigenvalue weighted by molar-refractivity contribution is -0.135. The fraction of sp³-hybridized carbons (Fsp3) is 0.750. The summed E-state index contributed by atoms with van der Waals surface area (Å²) in [5, 5.41) is 3.42. The van der Waals surface area contributed by atoms with Crippen molar-refractivity contribution in [3.63, 3.8) is 0 Å². The van der Waals surface area contributed by atoms with Crippen molar-refractivity contribution >= 4 is 17.5 Å². The molecule has 0 bridgehead atoms. The number of hydrogen-bond acceptors (Lipinski definition) is 6. The minimum atomic E-state index is 0.296. The molecule has 7 heteroatoms. The van der Waals surface area contributed by atoms with Gasteiger partial charge in [-0.2, -0.15) is 0 Å². The van der Waals surface area contributed by atoms with Gasteiger partial charge >= 0.3 is 0 Å². The van der Waals surface area contributed by atoms with E-state index in [1.807, 2.05) is 0 Å². The Balaban J connectivity index is 1.26. The zero-order valence-corrected chi connectivity index (χ0v) is 16.4. The molecule has 4 rings (SSSR count). The average Bonchev–Trinajstić information content (AvgIpc) is 3.52. The minimum Gasteiger partial charge on any atom is -0.370 e. The van der Waals surface area contributed by atoms with Crippen molar-refractivity contribution in [2.45, 2.75) is 45.1 Å². The lowest BCUT2D eigenvalue weighted by Crippen LogP contribution is -2.52. The second-order valence-corrected chi connectivity index (χ2v) is 8.28. The van der Waals surface area contributed by atoms with Gasteiger partial charge in [-0.3, -0.25) is 9.69 Å². The standard InChI is InChI=1S/C20H32N6O/c1-16-4-2-3-7-26(16)20(27)14-24-8-10-25(11-9-24)19-12-18(22-15-23-19)21-13-17-5-6-17/h12,15-17H,2-11,13-14H2,1H3,(H,21,22,23). The van der Waals surface area contributed by atoms with Crippen LogP contribution >= 0.6 is 0 Å². The first-order valence-electron chi connectivity index (χ1n) is 10.5. The number of nitrogens with zero attached hydrogens (tertiary/aromatic N) is 5. The van der Waals surface area contributed by atoms with Crippen molar-refractivity contribution < 1.29 is 4.79 Å². The van der Waals surface area contributed by atoms with Crippen LogP contribution < -0.4 is 10.2 Å². The predicted octanol–water partition coefficient (Wildman–Crippen LogP) is 1.82. The van der Waals surface area contributed by atoms with Crippen LogP contribution in [0.25, 0.3) is 0 Å². The molecule has 1 unspecified atom stereocenters. The number of hydrogen-bond donors (Lipinski definition) is 1. The van der Waals surface area contributed by atoms with Crippen LogP contribution in [0.4, 0.5) is 11.6 Å². The van der Waals surface area contributed by atoms with E-state index in [4.69, 9.17) is 0 Å². The number of carbonyl (C=O) groups is 1. The Morgan fingerprint density at radius 2 is 1.93 bits per heavy atom. The van der Waals surface area contributed by atoms with Crippen LogP contribution in [0.1, 0.15) is 39.0 Å². The number of anilines is 2. The van der Waals surface area contributed by atoms with Crippen LogP contribution in [0.15, 0.2) is 12.4 Å². The summed E-state index contributed by atoms with van der Waals surface area (Å²) in [6.45, 7) is 8.29. The number of amides is 1. The highest BCUT2D eigenvalue weighted by Crippen LogP contribution is 2.29. The van der Waals surface area contributed by atoms with Crippen LogP contribution in [0, 0.1) is 5.92 Å². The van der Waals surface area contributed by atoms with Gasteiger partial charge in [-0.15, -0.1) is 0 Å². The quantitative estimate of drug-likeness (QED) is 0.822. The molecule has 27 heavy (non-hydrogen) atoms. The average molecular weight is 373 g/mol. The smallest absolute Gasteiger partial charge is 0.236 e. The van der Waals surface area contributed by atoms with Gasteiger partial charge in [0.05, 0.1) is 6.54 Å². The highest BCUT2D eigenvalue weighted by atomic mass is 16.2. The Morgan fingerprint density at radius 3 is 2.67 bits per heavy atom. The van der Waals surface area contributed by atoms with Gasteiger partial charge in [0.25, 0.3) is 0 Å². The third-order valence-corrected chi connectivity index (χ3v) is 6.10. The fourth-order valence-corrected chi connectivity index (χ4v) is 4.07. The van der Waals surface area contributed by atoms with Gasteiger partial charge in [-0.05, 0) is 44.9 Å². The molecule has 0 aromatic carbocycles. The summed E-state index contributed by atoms with van der Waals surface area (Å²) in [4.78, 5) is 28.1. The summed E-state index contributed by atoms with van der Waals surface area (Å²) in [7, 11) is 0. The van der Waals surface area contributed by atoms with Gasteiger partial charge in [0, 0.05) is 51.4 Å². The Hall–Kier alpha value is -1.89. The molecular formula is C20H32N6O. The van der Waals surface area contributed by atoms with Gasteiger partial charge < -0.3 is 15.1 Å². The van der Waals surface area contributed by atoms with E-state index in [0.29, 0.717) is 18.5 Å². The Kier molecular flexibility index (Phi) is 5.76. The van der Waals surface area contributed by atoms with Gasteiger partial charge in [-0.25, -0.2) is 9.97 Å².